The minimum absolute atomic E-state index is 0.148. The third-order valence-electron chi connectivity index (χ3n) is 8.07. The van der Waals surface area contributed by atoms with Crippen LogP contribution in [0.15, 0.2) is 68.1 Å². The largest absolute Gasteiger partial charge is 0.274 e. The van der Waals surface area contributed by atoms with Crippen LogP contribution in [-0.4, -0.2) is 46.6 Å². The Morgan fingerprint density at radius 3 is 1.21 bits per heavy atom. The molecular formula is C34H20F8N2O4S4. The molecule has 2 aliphatic rings. The van der Waals surface area contributed by atoms with E-state index in [4.69, 9.17) is 0 Å². The van der Waals surface area contributed by atoms with Crippen LogP contribution in [0.5, 0.6) is 0 Å². The Morgan fingerprint density at radius 2 is 0.846 bits per heavy atom. The van der Waals surface area contributed by atoms with E-state index in [-0.39, 0.29) is 9.80 Å². The standard InChI is InChI=1S/C34H20F8N2O4S4/c1-49-13-3-5-14(6-4-13)51-15-7-9-16(10-8-15)52-18-12-20(46)44(34(18)48)32-29(41)25(37)22(26(38)30(32)42)21-23(35)27(39)31(28(40)24(21)36)43-19(45)11-17(50-2)33(43)47/h3-10,17-18H,11-12H2,1-2H3. The average Bonchev–Trinajstić information content (AvgIpc) is 3.57. The van der Waals surface area contributed by atoms with Crippen LogP contribution >= 0.6 is 47.0 Å². The molecule has 18 heteroatoms. The molecule has 4 aromatic rings. The molecule has 52 heavy (non-hydrogen) atoms. The molecule has 0 saturated carbocycles. The van der Waals surface area contributed by atoms with Gasteiger partial charge in [0.1, 0.15) is 11.4 Å². The monoisotopic (exact) mass is 800 g/mol. The van der Waals surface area contributed by atoms with Gasteiger partial charge in [0.2, 0.25) is 23.6 Å². The van der Waals surface area contributed by atoms with Gasteiger partial charge in [-0.1, -0.05) is 11.8 Å². The first-order chi connectivity index (χ1) is 24.7. The number of carbonyl (C=O) groups excluding carboxylic acids is 4. The Balaban J connectivity index is 1.29. The van der Waals surface area contributed by atoms with Gasteiger partial charge in [-0.15, -0.1) is 23.5 Å². The molecule has 2 saturated heterocycles. The van der Waals surface area contributed by atoms with Gasteiger partial charge in [0.15, 0.2) is 46.5 Å². The van der Waals surface area contributed by atoms with Crippen molar-refractivity contribution < 1.29 is 54.3 Å². The summed E-state index contributed by atoms with van der Waals surface area (Å²) in [5.41, 5.74) is -8.16. The molecule has 2 atom stereocenters. The highest BCUT2D eigenvalue weighted by Gasteiger charge is 2.47. The maximum atomic E-state index is 15.5. The predicted molar refractivity (Wildman–Crippen MR) is 181 cm³/mol. The highest BCUT2D eigenvalue weighted by Crippen LogP contribution is 2.45. The van der Waals surface area contributed by atoms with E-state index in [0.29, 0.717) is 4.90 Å². The molecule has 4 aromatic carbocycles. The van der Waals surface area contributed by atoms with Crippen molar-refractivity contribution in [3.05, 3.63) is 95.1 Å². The quantitative estimate of drug-likeness (QED) is 0.0721. The minimum atomic E-state index is -2.60. The number of amides is 4. The molecule has 0 N–H and O–H groups in total. The van der Waals surface area contributed by atoms with Gasteiger partial charge in [-0.05, 0) is 61.0 Å². The lowest BCUT2D eigenvalue weighted by Crippen LogP contribution is -2.34. The van der Waals surface area contributed by atoms with Crippen molar-refractivity contribution in [2.45, 2.75) is 42.9 Å². The van der Waals surface area contributed by atoms with E-state index in [2.05, 4.69) is 0 Å². The lowest BCUT2D eigenvalue weighted by molar-refractivity contribution is -0.122. The van der Waals surface area contributed by atoms with Crippen molar-refractivity contribution >= 4 is 82.1 Å². The highest BCUT2D eigenvalue weighted by atomic mass is 32.2. The summed E-state index contributed by atoms with van der Waals surface area (Å²) in [5.74, 6) is -25.2. The molecule has 2 fully saturated rings. The van der Waals surface area contributed by atoms with E-state index in [1.807, 2.05) is 30.5 Å². The van der Waals surface area contributed by atoms with Gasteiger partial charge in [0, 0.05) is 32.4 Å². The number of nitrogens with zero attached hydrogens (tertiary/aromatic N) is 2. The smallest absolute Gasteiger partial charge is 0.247 e. The van der Waals surface area contributed by atoms with E-state index in [1.54, 1.807) is 36.0 Å². The van der Waals surface area contributed by atoms with Gasteiger partial charge in [-0.25, -0.2) is 44.9 Å². The third-order valence-corrected chi connectivity index (χ3v) is 12.0. The van der Waals surface area contributed by atoms with Crippen LogP contribution in [0.3, 0.4) is 0 Å². The summed E-state index contributed by atoms with van der Waals surface area (Å²) in [6.45, 7) is 0. The fraction of sp³-hybridized carbons (Fsp3) is 0.176. The van der Waals surface area contributed by atoms with Crippen LogP contribution in [0.1, 0.15) is 12.8 Å². The molecule has 270 valence electrons. The number of imide groups is 2. The van der Waals surface area contributed by atoms with Gasteiger partial charge < -0.3 is 0 Å². The number of thioether (sulfide) groups is 3. The second kappa shape index (κ2) is 14.8. The molecule has 0 spiro atoms. The molecule has 2 heterocycles. The van der Waals surface area contributed by atoms with Crippen LogP contribution in [0.2, 0.25) is 0 Å². The summed E-state index contributed by atoms with van der Waals surface area (Å²) in [4.78, 5) is 53.9. The number of carbonyl (C=O) groups is 4. The van der Waals surface area contributed by atoms with Crippen LogP contribution in [0.25, 0.3) is 11.1 Å². The van der Waals surface area contributed by atoms with Crippen molar-refractivity contribution in [3.63, 3.8) is 0 Å². The van der Waals surface area contributed by atoms with Crippen molar-refractivity contribution in [2.75, 3.05) is 22.3 Å². The van der Waals surface area contributed by atoms with Gasteiger partial charge >= 0.3 is 0 Å². The zero-order chi connectivity index (χ0) is 37.8. The molecular weight excluding hydrogens is 781 g/mol. The van der Waals surface area contributed by atoms with E-state index < -0.39 is 116 Å². The van der Waals surface area contributed by atoms with Crippen molar-refractivity contribution in [1.82, 2.24) is 0 Å². The topological polar surface area (TPSA) is 74.8 Å². The minimum Gasteiger partial charge on any atom is -0.274 e. The maximum absolute atomic E-state index is 15.5. The Bertz CT molecular complexity index is 2110. The summed E-state index contributed by atoms with van der Waals surface area (Å²) in [6, 6.07) is 14.5. The van der Waals surface area contributed by atoms with Crippen LogP contribution in [0.4, 0.5) is 46.5 Å². The number of anilines is 2. The molecule has 0 aromatic heterocycles. The Labute approximate surface area is 306 Å². The van der Waals surface area contributed by atoms with E-state index in [9.17, 15) is 19.2 Å². The maximum Gasteiger partial charge on any atom is 0.247 e. The predicted octanol–water partition coefficient (Wildman–Crippen LogP) is 8.76. The lowest BCUT2D eigenvalue weighted by Gasteiger charge is -2.21. The Kier molecular flexibility index (Phi) is 10.7. The van der Waals surface area contributed by atoms with Crippen molar-refractivity contribution in [2.24, 2.45) is 0 Å². The molecule has 0 aliphatic carbocycles. The van der Waals surface area contributed by atoms with Gasteiger partial charge in [0.05, 0.1) is 21.6 Å². The summed E-state index contributed by atoms with van der Waals surface area (Å²) >= 11 is 4.68. The second-order valence-corrected chi connectivity index (χ2v) is 15.4. The third kappa shape index (κ3) is 6.47. The zero-order valence-electron chi connectivity index (χ0n) is 26.4. The first-order valence-electron chi connectivity index (χ1n) is 14.8. The normalized spacial score (nSPS) is 17.7. The number of halogens is 8. The molecule has 4 amide bonds. The molecule has 0 radical (unpaired) electrons. The fourth-order valence-corrected chi connectivity index (χ4v) is 8.45. The summed E-state index contributed by atoms with van der Waals surface area (Å²) in [7, 11) is 0. The first kappa shape index (κ1) is 37.7. The Hall–Kier alpha value is -4.00. The summed E-state index contributed by atoms with van der Waals surface area (Å²) in [6.07, 6.45) is 2.09. The van der Waals surface area contributed by atoms with E-state index in [0.717, 1.165) is 38.2 Å². The Morgan fingerprint density at radius 1 is 0.500 bits per heavy atom. The summed E-state index contributed by atoms with van der Waals surface area (Å²) in [5, 5.41) is -2.46. The number of benzene rings is 4. The van der Waals surface area contributed by atoms with Gasteiger partial charge in [-0.2, -0.15) is 11.8 Å². The van der Waals surface area contributed by atoms with Crippen molar-refractivity contribution in [3.8, 4) is 11.1 Å². The first-order valence-corrected chi connectivity index (χ1v) is 19.0. The fourth-order valence-electron chi connectivity index (χ4n) is 5.56. The van der Waals surface area contributed by atoms with E-state index in [1.165, 1.54) is 18.0 Å². The van der Waals surface area contributed by atoms with Crippen LogP contribution in [-0.2, 0) is 19.2 Å². The lowest BCUT2D eigenvalue weighted by atomic mass is 9.99. The molecule has 6 nitrogen and oxygen atoms in total. The summed E-state index contributed by atoms with van der Waals surface area (Å²) < 4.78 is 123. The highest BCUT2D eigenvalue weighted by molar-refractivity contribution is 8.01. The zero-order valence-corrected chi connectivity index (χ0v) is 29.6. The van der Waals surface area contributed by atoms with Crippen molar-refractivity contribution in [1.29, 1.82) is 0 Å². The van der Waals surface area contributed by atoms with Crippen LogP contribution in [0, 0.1) is 46.5 Å². The van der Waals surface area contributed by atoms with Crippen LogP contribution < -0.4 is 9.80 Å². The van der Waals surface area contributed by atoms with E-state index >= 15 is 35.1 Å². The van der Waals surface area contributed by atoms with Gasteiger partial charge in [-0.3, -0.25) is 19.2 Å². The van der Waals surface area contributed by atoms with Gasteiger partial charge in [0.25, 0.3) is 0 Å². The SMILES string of the molecule is CSc1ccc(Sc2ccc(SC3CC(=O)N(c4c(F)c(F)c(-c5c(F)c(F)c(N6C(=O)CC(SC)C6=O)c(F)c5F)c(F)c4F)C3=O)cc2)cc1. The average molecular weight is 801 g/mol. The second-order valence-electron chi connectivity index (χ2n) is 11.1. The molecule has 2 aliphatic heterocycles. The molecule has 2 unspecified atom stereocenters. The molecule has 0 bridgehead atoms. The number of hydrogen-bond acceptors (Lipinski definition) is 8. The molecule has 6 rings (SSSR count). The number of hydrogen-bond donors (Lipinski definition) is 0. The number of rotatable bonds is 9.